The van der Waals surface area contributed by atoms with Crippen molar-refractivity contribution in [2.45, 2.75) is 32.3 Å². The van der Waals surface area contributed by atoms with E-state index >= 15 is 0 Å². The fourth-order valence-corrected chi connectivity index (χ4v) is 2.02. The highest BCUT2D eigenvalue weighted by atomic mass is 35.7. The Morgan fingerprint density at radius 3 is 2.65 bits per heavy atom. The van der Waals surface area contributed by atoms with Crippen molar-refractivity contribution in [1.82, 2.24) is 9.55 Å². The zero-order valence-electron chi connectivity index (χ0n) is 10.2. The molecule has 0 radical (unpaired) electrons. The fraction of sp³-hybridized carbons (Fsp3) is 0.700. The van der Waals surface area contributed by atoms with E-state index in [0.717, 1.165) is 0 Å². The molecule has 5 nitrogen and oxygen atoms in total. The van der Waals surface area contributed by atoms with E-state index in [1.807, 2.05) is 0 Å². The summed E-state index contributed by atoms with van der Waals surface area (Å²) in [5.74, 6) is 1.09. The third-order valence-corrected chi connectivity index (χ3v) is 3.30. The first kappa shape index (κ1) is 14.5. The van der Waals surface area contributed by atoms with E-state index in [0.29, 0.717) is 31.5 Å². The molecule has 1 aromatic heterocycles. The highest BCUT2D eigenvalue weighted by molar-refractivity contribution is 8.13. The van der Waals surface area contributed by atoms with Crippen LogP contribution in [0, 0.1) is 12.8 Å². The van der Waals surface area contributed by atoms with E-state index < -0.39 is 9.05 Å². The summed E-state index contributed by atoms with van der Waals surface area (Å²) in [4.78, 5) is 3.88. The van der Waals surface area contributed by atoms with E-state index in [1.165, 1.54) is 6.20 Å². The van der Waals surface area contributed by atoms with Gasteiger partial charge in [-0.3, -0.25) is 0 Å². The van der Waals surface area contributed by atoms with Crippen molar-refractivity contribution in [3.8, 4) is 0 Å². The molecule has 0 aliphatic heterocycles. The molecular weight excluding hydrogens is 264 g/mol. The Morgan fingerprint density at radius 2 is 2.18 bits per heavy atom. The minimum atomic E-state index is -3.75. The second kappa shape index (κ2) is 5.84. The quantitative estimate of drug-likeness (QED) is 0.589. The van der Waals surface area contributed by atoms with Crippen molar-refractivity contribution in [3.05, 3.63) is 12.0 Å². The number of hydrogen-bond donors (Lipinski definition) is 0. The molecule has 0 N–H and O–H groups in total. The Kier molecular flexibility index (Phi) is 4.97. The smallest absolute Gasteiger partial charge is 0.280 e. The second-order valence-electron chi connectivity index (χ2n) is 4.23. The molecule has 7 heteroatoms. The summed E-state index contributed by atoms with van der Waals surface area (Å²) in [5, 5.41) is -0.111. The summed E-state index contributed by atoms with van der Waals surface area (Å²) in [5.41, 5.74) is 0. The van der Waals surface area contributed by atoms with E-state index in [9.17, 15) is 8.42 Å². The van der Waals surface area contributed by atoms with Crippen LogP contribution in [0.15, 0.2) is 11.2 Å². The molecule has 0 unspecified atom stereocenters. The lowest BCUT2D eigenvalue weighted by Crippen LogP contribution is -2.09. The van der Waals surface area contributed by atoms with Gasteiger partial charge in [0.2, 0.25) is 0 Å². The lowest BCUT2D eigenvalue weighted by Gasteiger charge is -2.07. The lowest BCUT2D eigenvalue weighted by molar-refractivity contribution is 0.103. The van der Waals surface area contributed by atoms with Crippen molar-refractivity contribution in [2.24, 2.45) is 5.92 Å². The molecule has 1 heterocycles. The Morgan fingerprint density at radius 1 is 1.53 bits per heavy atom. The highest BCUT2D eigenvalue weighted by Gasteiger charge is 2.15. The molecule has 1 aromatic rings. The topological polar surface area (TPSA) is 61.2 Å². The van der Waals surface area contributed by atoms with Crippen molar-refractivity contribution >= 4 is 19.7 Å². The average molecular weight is 281 g/mol. The minimum absolute atomic E-state index is 0.111. The zero-order chi connectivity index (χ0) is 13.1. The number of nitrogens with zero attached hydrogens (tertiary/aromatic N) is 2. The molecule has 0 fully saturated rings. The van der Waals surface area contributed by atoms with Crippen molar-refractivity contribution < 1.29 is 13.2 Å². The molecule has 0 spiro atoms. The maximum Gasteiger partial charge on any atom is 0.280 e. The van der Waals surface area contributed by atoms with Crippen LogP contribution in [0.5, 0.6) is 0 Å². The SMILES string of the molecule is Cc1nc(S(=O)(=O)Cl)cn1CCOCC(C)C. The molecule has 0 saturated heterocycles. The van der Waals surface area contributed by atoms with Gasteiger partial charge in [-0.1, -0.05) is 13.8 Å². The number of aromatic nitrogens is 2. The van der Waals surface area contributed by atoms with Crippen LogP contribution in [0.3, 0.4) is 0 Å². The summed E-state index contributed by atoms with van der Waals surface area (Å²) in [7, 11) is 1.46. The molecule has 98 valence electrons. The van der Waals surface area contributed by atoms with Crippen LogP contribution in [-0.2, 0) is 20.3 Å². The maximum atomic E-state index is 11.1. The normalized spacial score (nSPS) is 12.3. The molecule has 0 saturated carbocycles. The van der Waals surface area contributed by atoms with Crippen molar-refractivity contribution in [3.63, 3.8) is 0 Å². The summed E-state index contributed by atoms with van der Waals surface area (Å²) in [6.07, 6.45) is 1.43. The van der Waals surface area contributed by atoms with Crippen LogP contribution in [0.2, 0.25) is 0 Å². The molecule has 1 rings (SSSR count). The van der Waals surface area contributed by atoms with Crippen LogP contribution < -0.4 is 0 Å². The van der Waals surface area contributed by atoms with E-state index in [1.54, 1.807) is 11.5 Å². The zero-order valence-corrected chi connectivity index (χ0v) is 11.8. The van der Waals surface area contributed by atoms with Gasteiger partial charge in [0, 0.05) is 30.0 Å². The van der Waals surface area contributed by atoms with Crippen molar-refractivity contribution in [1.29, 1.82) is 0 Å². The number of halogens is 1. The Hall–Kier alpha value is -0.590. The van der Waals surface area contributed by atoms with Gasteiger partial charge in [-0.05, 0) is 12.8 Å². The van der Waals surface area contributed by atoms with Gasteiger partial charge in [0.15, 0.2) is 5.03 Å². The van der Waals surface area contributed by atoms with Crippen LogP contribution in [0.25, 0.3) is 0 Å². The molecule has 0 aliphatic rings. The Balaban J connectivity index is 2.58. The third kappa shape index (κ3) is 4.65. The predicted molar refractivity (Wildman–Crippen MR) is 65.7 cm³/mol. The number of aryl methyl sites for hydroxylation is 1. The van der Waals surface area contributed by atoms with Gasteiger partial charge in [0.05, 0.1) is 6.61 Å². The van der Waals surface area contributed by atoms with Crippen LogP contribution in [-0.4, -0.2) is 31.2 Å². The summed E-state index contributed by atoms with van der Waals surface area (Å²) in [6, 6.07) is 0. The molecule has 0 atom stereocenters. The maximum absolute atomic E-state index is 11.1. The number of ether oxygens (including phenoxy) is 1. The first-order chi connectivity index (χ1) is 7.80. The van der Waals surface area contributed by atoms with E-state index in [-0.39, 0.29) is 5.03 Å². The largest absolute Gasteiger partial charge is 0.379 e. The van der Waals surface area contributed by atoms with E-state index in [4.69, 9.17) is 15.4 Å². The molecule has 0 aromatic carbocycles. The van der Waals surface area contributed by atoms with Crippen LogP contribution >= 0.6 is 10.7 Å². The number of rotatable bonds is 6. The van der Waals surface area contributed by atoms with Crippen LogP contribution in [0.1, 0.15) is 19.7 Å². The second-order valence-corrected chi connectivity index (χ2v) is 6.74. The van der Waals surface area contributed by atoms with Gasteiger partial charge in [-0.25, -0.2) is 13.4 Å². The molecule has 0 aliphatic carbocycles. The predicted octanol–water partition coefficient (Wildman–Crippen LogP) is 1.79. The fourth-order valence-electron chi connectivity index (χ4n) is 1.31. The van der Waals surface area contributed by atoms with Gasteiger partial charge >= 0.3 is 0 Å². The number of imidazole rings is 1. The van der Waals surface area contributed by atoms with Gasteiger partial charge in [0.25, 0.3) is 9.05 Å². The van der Waals surface area contributed by atoms with Gasteiger partial charge in [-0.15, -0.1) is 0 Å². The first-order valence-corrected chi connectivity index (χ1v) is 7.68. The third-order valence-electron chi connectivity index (χ3n) is 2.13. The van der Waals surface area contributed by atoms with Gasteiger partial charge in [0.1, 0.15) is 5.82 Å². The molecular formula is C10H17ClN2O3S. The van der Waals surface area contributed by atoms with Crippen LogP contribution in [0.4, 0.5) is 0 Å². The van der Waals surface area contributed by atoms with Gasteiger partial charge < -0.3 is 9.30 Å². The minimum Gasteiger partial charge on any atom is -0.379 e. The highest BCUT2D eigenvalue weighted by Crippen LogP contribution is 2.13. The molecule has 0 amide bonds. The summed E-state index contributed by atoms with van der Waals surface area (Å²) < 4.78 is 29.3. The standard InChI is InChI=1S/C10H17ClN2O3S/c1-8(2)7-16-5-4-13-6-10(12-9(13)3)17(11,14)15/h6,8H,4-5,7H2,1-3H3. The molecule has 17 heavy (non-hydrogen) atoms. The Bertz CT molecular complexity index is 468. The van der Waals surface area contributed by atoms with E-state index in [2.05, 4.69) is 18.8 Å². The summed E-state index contributed by atoms with van der Waals surface area (Å²) >= 11 is 0. The monoisotopic (exact) mass is 280 g/mol. The molecule has 0 bridgehead atoms. The van der Waals surface area contributed by atoms with Crippen molar-refractivity contribution in [2.75, 3.05) is 13.2 Å². The number of hydrogen-bond acceptors (Lipinski definition) is 4. The average Bonchev–Trinajstić information content (AvgIpc) is 2.54. The lowest BCUT2D eigenvalue weighted by atomic mass is 10.2. The van der Waals surface area contributed by atoms with Gasteiger partial charge in [-0.2, -0.15) is 0 Å². The first-order valence-electron chi connectivity index (χ1n) is 5.37. The summed E-state index contributed by atoms with van der Waals surface area (Å²) in [6.45, 7) is 7.65. The Labute approximate surface area is 106 Å².